The highest BCUT2D eigenvalue weighted by molar-refractivity contribution is 7.94. The lowest BCUT2D eigenvalue weighted by Gasteiger charge is -2.22. The Kier molecular flexibility index (Phi) is 4.33. The van der Waals surface area contributed by atoms with E-state index in [0.717, 1.165) is 26.6 Å². The molecule has 0 aliphatic heterocycles. The molecule has 0 fully saturated rings. The highest BCUT2D eigenvalue weighted by atomic mass is 32.2. The molecule has 0 radical (unpaired) electrons. The number of hydrogen-bond donors (Lipinski definition) is 1. The van der Waals surface area contributed by atoms with E-state index in [9.17, 15) is 13.2 Å². The summed E-state index contributed by atoms with van der Waals surface area (Å²) >= 11 is 1.12. The molecule has 2 aromatic carbocycles. The minimum absolute atomic E-state index is 0.105. The average Bonchev–Trinajstić information content (AvgIpc) is 3.23. The number of hydrogen-bond acceptors (Lipinski definition) is 4. The number of benzene rings is 2. The summed E-state index contributed by atoms with van der Waals surface area (Å²) in [5.41, 5.74) is 1.69. The van der Waals surface area contributed by atoms with Gasteiger partial charge in [0.1, 0.15) is 9.90 Å². The minimum Gasteiger partial charge on any atom is -0.320 e. The van der Waals surface area contributed by atoms with E-state index in [1.54, 1.807) is 17.5 Å². The highest BCUT2D eigenvalue weighted by Gasteiger charge is 2.28. The van der Waals surface area contributed by atoms with Crippen molar-refractivity contribution < 1.29 is 8.42 Å². The van der Waals surface area contributed by atoms with Crippen LogP contribution in [0.5, 0.6) is 0 Å². The van der Waals surface area contributed by atoms with Crippen molar-refractivity contribution in [3.63, 3.8) is 0 Å². The third-order valence-electron chi connectivity index (χ3n) is 4.38. The van der Waals surface area contributed by atoms with E-state index in [1.165, 1.54) is 13.1 Å². The summed E-state index contributed by atoms with van der Waals surface area (Å²) < 4.78 is 27.4. The molecule has 27 heavy (non-hydrogen) atoms. The maximum absolute atomic E-state index is 13.0. The Morgan fingerprint density at radius 2 is 1.63 bits per heavy atom. The number of sulfonamides is 1. The lowest BCUT2D eigenvalue weighted by atomic mass is 9.99. The van der Waals surface area contributed by atoms with Crippen molar-refractivity contribution in [1.29, 1.82) is 0 Å². The molecule has 7 heteroatoms. The molecule has 0 unspecified atom stereocenters. The number of nitrogens with one attached hydrogen (secondary N) is 1. The standard InChI is InChI=1S/C20H16N2O3S2/c1-22(27(24,25)17-12-7-13-26-17)19-18(14-8-3-2-4-9-14)15-10-5-6-11-16(15)21-20(19)23/h2-13H,1H3,(H,21,23). The smallest absolute Gasteiger partial charge is 0.273 e. The summed E-state index contributed by atoms with van der Waals surface area (Å²) in [7, 11) is -2.42. The lowest BCUT2D eigenvalue weighted by molar-refractivity contribution is 0.596. The van der Waals surface area contributed by atoms with Gasteiger partial charge in [-0.25, -0.2) is 8.42 Å². The van der Waals surface area contributed by atoms with Crippen LogP contribution in [0.1, 0.15) is 0 Å². The van der Waals surface area contributed by atoms with E-state index in [2.05, 4.69) is 4.98 Å². The van der Waals surface area contributed by atoms with Crippen LogP contribution in [0, 0.1) is 0 Å². The fourth-order valence-corrected chi connectivity index (χ4v) is 5.47. The third kappa shape index (κ3) is 2.94. The van der Waals surface area contributed by atoms with E-state index in [-0.39, 0.29) is 9.90 Å². The molecule has 4 aromatic rings. The van der Waals surface area contributed by atoms with Crippen molar-refractivity contribution in [2.45, 2.75) is 4.21 Å². The van der Waals surface area contributed by atoms with Gasteiger partial charge in [-0.15, -0.1) is 11.3 Å². The van der Waals surface area contributed by atoms with Gasteiger partial charge in [0, 0.05) is 23.5 Å². The van der Waals surface area contributed by atoms with E-state index in [1.807, 2.05) is 48.5 Å². The number of nitrogens with zero attached hydrogens (tertiary/aromatic N) is 1. The number of rotatable bonds is 4. The molecule has 0 amide bonds. The first-order chi connectivity index (χ1) is 13.0. The molecule has 0 saturated heterocycles. The van der Waals surface area contributed by atoms with Crippen molar-refractivity contribution in [3.8, 4) is 11.1 Å². The van der Waals surface area contributed by atoms with E-state index >= 15 is 0 Å². The van der Waals surface area contributed by atoms with E-state index in [0.29, 0.717) is 11.1 Å². The zero-order valence-corrected chi connectivity index (χ0v) is 16.0. The summed E-state index contributed by atoms with van der Waals surface area (Å²) in [4.78, 5) is 15.7. The zero-order valence-electron chi connectivity index (χ0n) is 14.4. The number of H-pyrrole nitrogens is 1. The van der Waals surface area contributed by atoms with Gasteiger partial charge in [0.2, 0.25) is 0 Å². The molecule has 4 rings (SSSR count). The first-order valence-electron chi connectivity index (χ1n) is 8.23. The number of anilines is 1. The molecule has 0 atom stereocenters. The minimum atomic E-state index is -3.84. The second-order valence-corrected chi connectivity index (χ2v) is 9.14. The van der Waals surface area contributed by atoms with Crippen LogP contribution in [0.4, 0.5) is 5.69 Å². The normalized spacial score (nSPS) is 11.6. The van der Waals surface area contributed by atoms with Gasteiger partial charge in [0.05, 0.1) is 0 Å². The topological polar surface area (TPSA) is 70.2 Å². The average molecular weight is 396 g/mol. The van der Waals surface area contributed by atoms with Crippen molar-refractivity contribution >= 4 is 38.0 Å². The SMILES string of the molecule is CN(c1c(-c2ccccc2)c2ccccc2[nH]c1=O)S(=O)(=O)c1cccs1. The molecule has 0 aliphatic rings. The van der Waals surface area contributed by atoms with Gasteiger partial charge in [-0.1, -0.05) is 54.6 Å². The highest BCUT2D eigenvalue weighted by Crippen LogP contribution is 2.36. The first-order valence-corrected chi connectivity index (χ1v) is 10.5. The molecule has 2 heterocycles. The van der Waals surface area contributed by atoms with Crippen LogP contribution in [-0.2, 0) is 10.0 Å². The molecule has 5 nitrogen and oxygen atoms in total. The van der Waals surface area contributed by atoms with Gasteiger partial charge in [-0.3, -0.25) is 9.10 Å². The second kappa shape index (κ2) is 6.68. The number of aromatic amines is 1. The van der Waals surface area contributed by atoms with Crippen LogP contribution < -0.4 is 9.86 Å². The van der Waals surface area contributed by atoms with Crippen LogP contribution in [0.25, 0.3) is 22.0 Å². The van der Waals surface area contributed by atoms with Crippen LogP contribution in [-0.4, -0.2) is 20.4 Å². The Balaban J connectivity index is 2.07. The third-order valence-corrected chi connectivity index (χ3v) is 7.51. The Morgan fingerprint density at radius 3 is 2.33 bits per heavy atom. The molecular weight excluding hydrogens is 380 g/mol. The Morgan fingerprint density at radius 1 is 0.926 bits per heavy atom. The largest absolute Gasteiger partial charge is 0.320 e. The molecule has 2 aromatic heterocycles. The Bertz CT molecular complexity index is 1260. The summed E-state index contributed by atoms with van der Waals surface area (Å²) in [6, 6.07) is 19.9. The number of aromatic nitrogens is 1. The molecule has 0 saturated carbocycles. The summed E-state index contributed by atoms with van der Waals surface area (Å²) in [5.74, 6) is 0. The first kappa shape index (κ1) is 17.5. The van der Waals surface area contributed by atoms with Crippen molar-refractivity contribution in [2.24, 2.45) is 0 Å². The van der Waals surface area contributed by atoms with E-state index < -0.39 is 15.6 Å². The number of fused-ring (bicyclic) bond motifs is 1. The molecule has 1 N–H and O–H groups in total. The van der Waals surface area contributed by atoms with Gasteiger partial charge in [-0.2, -0.15) is 0 Å². The summed E-state index contributed by atoms with van der Waals surface area (Å²) in [6.07, 6.45) is 0. The molecular formula is C20H16N2O3S2. The van der Waals surface area contributed by atoms with Gasteiger partial charge in [-0.05, 0) is 23.1 Å². The van der Waals surface area contributed by atoms with Crippen molar-refractivity contribution in [1.82, 2.24) is 4.98 Å². The summed E-state index contributed by atoms with van der Waals surface area (Å²) in [5, 5.41) is 2.48. The predicted octanol–water partition coefficient (Wildman–Crippen LogP) is 4.08. The fraction of sp³-hybridized carbons (Fsp3) is 0.0500. The molecule has 0 bridgehead atoms. The summed E-state index contributed by atoms with van der Waals surface area (Å²) in [6.45, 7) is 0. The fourth-order valence-electron chi connectivity index (χ4n) is 3.10. The lowest BCUT2D eigenvalue weighted by Crippen LogP contribution is -2.31. The zero-order chi connectivity index (χ0) is 19.0. The van der Waals surface area contributed by atoms with Crippen LogP contribution >= 0.6 is 11.3 Å². The van der Waals surface area contributed by atoms with Gasteiger partial charge in [0.25, 0.3) is 15.6 Å². The van der Waals surface area contributed by atoms with Crippen molar-refractivity contribution in [3.05, 3.63) is 82.5 Å². The van der Waals surface area contributed by atoms with E-state index in [4.69, 9.17) is 0 Å². The van der Waals surface area contributed by atoms with Crippen LogP contribution in [0.2, 0.25) is 0 Å². The molecule has 136 valence electrons. The van der Waals surface area contributed by atoms with Gasteiger partial charge >= 0.3 is 0 Å². The quantitative estimate of drug-likeness (QED) is 0.565. The maximum atomic E-state index is 13.0. The number of thiophene rings is 1. The van der Waals surface area contributed by atoms with Crippen molar-refractivity contribution in [2.75, 3.05) is 11.4 Å². The Hall–Kier alpha value is -2.90. The van der Waals surface area contributed by atoms with Gasteiger partial charge in [0.15, 0.2) is 0 Å². The number of pyridine rings is 1. The predicted molar refractivity (Wildman–Crippen MR) is 110 cm³/mol. The number of para-hydroxylation sites is 1. The second-order valence-electron chi connectivity index (χ2n) is 5.99. The molecule has 0 aliphatic carbocycles. The van der Waals surface area contributed by atoms with Gasteiger partial charge < -0.3 is 4.98 Å². The Labute approximate surface area is 160 Å². The molecule has 0 spiro atoms. The van der Waals surface area contributed by atoms with Crippen LogP contribution in [0.3, 0.4) is 0 Å². The maximum Gasteiger partial charge on any atom is 0.273 e. The van der Waals surface area contributed by atoms with Crippen LogP contribution in [0.15, 0.2) is 81.1 Å². The monoisotopic (exact) mass is 396 g/mol.